The standard InChI is InChI=1S/C18H24N6O4/c1-27-12-7-19-17-16(24(25)26)18(21-13-20-17)23-10-8-22(9-11-23)14-3-5-15(28-2)6-4-14/h3-6,13H,7-12H2,1-2H3,(H,19,20,21). The van der Waals surface area contributed by atoms with Crippen molar-refractivity contribution in [2.24, 2.45) is 0 Å². The summed E-state index contributed by atoms with van der Waals surface area (Å²) in [6.07, 6.45) is 1.35. The molecule has 150 valence electrons. The molecule has 0 unspecified atom stereocenters. The van der Waals surface area contributed by atoms with E-state index in [1.807, 2.05) is 29.2 Å². The van der Waals surface area contributed by atoms with Crippen LogP contribution >= 0.6 is 0 Å². The fourth-order valence-electron chi connectivity index (χ4n) is 3.14. The first-order valence-electron chi connectivity index (χ1n) is 9.00. The van der Waals surface area contributed by atoms with Crippen molar-refractivity contribution in [2.45, 2.75) is 0 Å². The molecule has 1 aromatic heterocycles. The maximum atomic E-state index is 11.7. The molecule has 2 aromatic rings. The number of piperazine rings is 1. The van der Waals surface area contributed by atoms with Crippen molar-refractivity contribution in [3.05, 3.63) is 40.7 Å². The van der Waals surface area contributed by atoms with Crippen molar-refractivity contribution < 1.29 is 14.4 Å². The van der Waals surface area contributed by atoms with E-state index < -0.39 is 4.92 Å². The number of rotatable bonds is 8. The van der Waals surface area contributed by atoms with Gasteiger partial charge in [-0.1, -0.05) is 0 Å². The summed E-state index contributed by atoms with van der Waals surface area (Å²) in [7, 11) is 3.21. The topological polar surface area (TPSA) is 106 Å². The van der Waals surface area contributed by atoms with Gasteiger partial charge in [0.05, 0.1) is 18.6 Å². The van der Waals surface area contributed by atoms with E-state index in [4.69, 9.17) is 9.47 Å². The number of nitrogens with zero attached hydrogens (tertiary/aromatic N) is 5. The maximum absolute atomic E-state index is 11.7. The number of hydrogen-bond donors (Lipinski definition) is 1. The molecule has 0 aliphatic carbocycles. The fourth-order valence-corrected chi connectivity index (χ4v) is 3.14. The molecule has 1 N–H and O–H groups in total. The molecule has 1 aromatic carbocycles. The third kappa shape index (κ3) is 4.39. The minimum absolute atomic E-state index is 0.100. The molecule has 0 radical (unpaired) electrons. The zero-order valence-electron chi connectivity index (χ0n) is 16.0. The first kappa shape index (κ1) is 19.6. The van der Waals surface area contributed by atoms with E-state index in [0.29, 0.717) is 32.1 Å². The molecule has 0 saturated carbocycles. The van der Waals surface area contributed by atoms with Gasteiger partial charge < -0.3 is 24.6 Å². The highest BCUT2D eigenvalue weighted by Crippen LogP contribution is 2.32. The molecule has 28 heavy (non-hydrogen) atoms. The van der Waals surface area contributed by atoms with E-state index in [9.17, 15) is 10.1 Å². The molecular formula is C18H24N6O4. The number of methoxy groups -OCH3 is 2. The van der Waals surface area contributed by atoms with Crippen LogP contribution in [0.25, 0.3) is 0 Å². The first-order valence-corrected chi connectivity index (χ1v) is 9.00. The summed E-state index contributed by atoms with van der Waals surface area (Å²) in [6, 6.07) is 7.88. The second kappa shape index (κ2) is 9.18. The highest BCUT2D eigenvalue weighted by atomic mass is 16.6. The van der Waals surface area contributed by atoms with Gasteiger partial charge in [-0.3, -0.25) is 10.1 Å². The van der Waals surface area contributed by atoms with Crippen LogP contribution in [0.15, 0.2) is 30.6 Å². The molecule has 0 bridgehead atoms. The molecule has 10 heteroatoms. The molecular weight excluding hydrogens is 364 g/mol. The number of benzene rings is 1. The average Bonchev–Trinajstić information content (AvgIpc) is 2.74. The predicted octanol–water partition coefficient (Wildman–Crippen LogP) is 1.78. The Bertz CT molecular complexity index is 793. The Labute approximate surface area is 163 Å². The Hall–Kier alpha value is -3.14. The summed E-state index contributed by atoms with van der Waals surface area (Å²) in [5.74, 6) is 1.37. The van der Waals surface area contributed by atoms with Crippen LogP contribution < -0.4 is 19.9 Å². The normalized spacial score (nSPS) is 14.1. The van der Waals surface area contributed by atoms with Crippen molar-refractivity contribution in [3.63, 3.8) is 0 Å². The van der Waals surface area contributed by atoms with Gasteiger partial charge in [-0.15, -0.1) is 0 Å². The van der Waals surface area contributed by atoms with Crippen molar-refractivity contribution in [2.75, 3.05) is 68.7 Å². The van der Waals surface area contributed by atoms with Gasteiger partial charge in [0.25, 0.3) is 0 Å². The molecule has 3 rings (SSSR count). The molecule has 1 fully saturated rings. The lowest BCUT2D eigenvalue weighted by Gasteiger charge is -2.36. The van der Waals surface area contributed by atoms with Crippen LogP contribution in [0.1, 0.15) is 0 Å². The van der Waals surface area contributed by atoms with Gasteiger partial charge in [0.1, 0.15) is 12.1 Å². The van der Waals surface area contributed by atoms with Crippen molar-refractivity contribution >= 4 is 23.0 Å². The van der Waals surface area contributed by atoms with Crippen LogP contribution in [0.5, 0.6) is 5.75 Å². The third-order valence-electron chi connectivity index (χ3n) is 4.60. The maximum Gasteiger partial charge on any atom is 0.353 e. The Morgan fingerprint density at radius 1 is 1.11 bits per heavy atom. The lowest BCUT2D eigenvalue weighted by Crippen LogP contribution is -2.47. The summed E-state index contributed by atoms with van der Waals surface area (Å²) >= 11 is 0. The van der Waals surface area contributed by atoms with E-state index >= 15 is 0 Å². The zero-order chi connectivity index (χ0) is 19.9. The van der Waals surface area contributed by atoms with Gasteiger partial charge in [-0.05, 0) is 24.3 Å². The van der Waals surface area contributed by atoms with Crippen molar-refractivity contribution in [1.29, 1.82) is 0 Å². The molecule has 2 heterocycles. The van der Waals surface area contributed by atoms with Gasteiger partial charge in [-0.25, -0.2) is 9.97 Å². The smallest absolute Gasteiger partial charge is 0.353 e. The SMILES string of the molecule is COCCNc1ncnc(N2CCN(c3ccc(OC)cc3)CC2)c1[N+](=O)[O-]. The van der Waals surface area contributed by atoms with Crippen LogP contribution in [-0.4, -0.2) is 68.4 Å². The minimum atomic E-state index is -0.430. The molecule has 1 saturated heterocycles. The Balaban J connectivity index is 1.72. The molecule has 1 aliphatic heterocycles. The van der Waals surface area contributed by atoms with Gasteiger partial charge in [0.15, 0.2) is 0 Å². The third-order valence-corrected chi connectivity index (χ3v) is 4.60. The lowest BCUT2D eigenvalue weighted by atomic mass is 10.2. The first-order chi connectivity index (χ1) is 13.6. The summed E-state index contributed by atoms with van der Waals surface area (Å²) in [4.78, 5) is 23.6. The number of anilines is 3. The van der Waals surface area contributed by atoms with Crippen molar-refractivity contribution in [3.8, 4) is 5.75 Å². The number of hydrogen-bond acceptors (Lipinski definition) is 9. The average molecular weight is 388 g/mol. The van der Waals surface area contributed by atoms with Crippen LogP contribution in [-0.2, 0) is 4.74 Å². The fraction of sp³-hybridized carbons (Fsp3) is 0.444. The second-order valence-corrected chi connectivity index (χ2v) is 6.24. The van der Waals surface area contributed by atoms with Crippen LogP contribution in [0.2, 0.25) is 0 Å². The number of nitro groups is 1. The number of aromatic nitrogens is 2. The Kier molecular flexibility index (Phi) is 6.43. The molecule has 0 spiro atoms. The van der Waals surface area contributed by atoms with Gasteiger partial charge in [0.2, 0.25) is 11.6 Å². The second-order valence-electron chi connectivity index (χ2n) is 6.24. The molecule has 1 aliphatic rings. The lowest BCUT2D eigenvalue weighted by molar-refractivity contribution is -0.383. The van der Waals surface area contributed by atoms with E-state index in [1.165, 1.54) is 6.33 Å². The summed E-state index contributed by atoms with van der Waals surface area (Å²) in [5.41, 5.74) is 0.996. The molecule has 0 amide bonds. The molecule has 10 nitrogen and oxygen atoms in total. The van der Waals surface area contributed by atoms with Gasteiger partial charge in [0, 0.05) is 45.5 Å². The van der Waals surface area contributed by atoms with Gasteiger partial charge in [-0.2, -0.15) is 0 Å². The highest BCUT2D eigenvalue weighted by molar-refractivity contribution is 5.70. The highest BCUT2D eigenvalue weighted by Gasteiger charge is 2.29. The van der Waals surface area contributed by atoms with Crippen LogP contribution in [0, 0.1) is 10.1 Å². The van der Waals surface area contributed by atoms with E-state index in [0.717, 1.165) is 24.5 Å². The van der Waals surface area contributed by atoms with Crippen LogP contribution in [0.4, 0.5) is 23.0 Å². The summed E-state index contributed by atoms with van der Waals surface area (Å²) in [6.45, 7) is 3.58. The minimum Gasteiger partial charge on any atom is -0.497 e. The number of nitrogens with one attached hydrogen (secondary N) is 1. The Morgan fingerprint density at radius 2 is 1.79 bits per heavy atom. The molecule has 0 atom stereocenters. The summed E-state index contributed by atoms with van der Waals surface area (Å²) in [5, 5.41) is 14.6. The number of ether oxygens (including phenoxy) is 2. The van der Waals surface area contributed by atoms with Gasteiger partial charge >= 0.3 is 5.69 Å². The monoisotopic (exact) mass is 388 g/mol. The largest absolute Gasteiger partial charge is 0.497 e. The van der Waals surface area contributed by atoms with E-state index in [1.54, 1.807) is 14.2 Å². The van der Waals surface area contributed by atoms with Crippen LogP contribution in [0.3, 0.4) is 0 Å². The zero-order valence-corrected chi connectivity index (χ0v) is 16.0. The van der Waals surface area contributed by atoms with E-state index in [-0.39, 0.29) is 11.5 Å². The van der Waals surface area contributed by atoms with Crippen molar-refractivity contribution in [1.82, 2.24) is 9.97 Å². The Morgan fingerprint density at radius 3 is 2.39 bits per heavy atom. The summed E-state index contributed by atoms with van der Waals surface area (Å²) < 4.78 is 10.2. The predicted molar refractivity (Wildman–Crippen MR) is 106 cm³/mol. The quantitative estimate of drug-likeness (QED) is 0.411. The van der Waals surface area contributed by atoms with E-state index in [2.05, 4.69) is 20.2 Å².